The zero-order valence-electron chi connectivity index (χ0n) is 15.2. The third kappa shape index (κ3) is 5.35. The van der Waals surface area contributed by atoms with Crippen molar-refractivity contribution in [2.75, 3.05) is 5.32 Å². The second kappa shape index (κ2) is 8.92. The molecule has 28 heavy (non-hydrogen) atoms. The molecular formula is C19H23F3N6. The van der Waals surface area contributed by atoms with Crippen LogP contribution in [-0.2, 0) is 6.18 Å². The van der Waals surface area contributed by atoms with Gasteiger partial charge in [-0.1, -0.05) is 30.3 Å². The predicted molar refractivity (Wildman–Crippen MR) is 102 cm³/mol. The van der Waals surface area contributed by atoms with Gasteiger partial charge in [-0.3, -0.25) is 5.84 Å². The van der Waals surface area contributed by atoms with E-state index in [0.29, 0.717) is 0 Å². The molecule has 1 heterocycles. The van der Waals surface area contributed by atoms with Gasteiger partial charge in [0.1, 0.15) is 17.8 Å². The summed E-state index contributed by atoms with van der Waals surface area (Å²) in [5.41, 5.74) is 3.54. The molecule has 1 aromatic heterocycles. The normalized spacial score (nSPS) is 20.5. The van der Waals surface area contributed by atoms with Gasteiger partial charge in [-0.2, -0.15) is 13.2 Å². The second-order valence-corrected chi connectivity index (χ2v) is 6.71. The maximum atomic E-state index is 12.8. The summed E-state index contributed by atoms with van der Waals surface area (Å²) in [6, 6.07) is 11.1. The molecule has 150 valence electrons. The summed E-state index contributed by atoms with van der Waals surface area (Å²) in [5.74, 6) is 5.82. The van der Waals surface area contributed by atoms with Gasteiger partial charge in [-0.15, -0.1) is 0 Å². The molecule has 1 aromatic carbocycles. The van der Waals surface area contributed by atoms with Crippen molar-refractivity contribution < 1.29 is 13.2 Å². The van der Waals surface area contributed by atoms with Crippen LogP contribution in [0.4, 0.5) is 19.0 Å². The number of hydrogen-bond donors (Lipinski definition) is 4. The van der Waals surface area contributed by atoms with Gasteiger partial charge >= 0.3 is 6.18 Å². The molecule has 3 rings (SSSR count). The van der Waals surface area contributed by atoms with E-state index >= 15 is 0 Å². The quantitative estimate of drug-likeness (QED) is 0.446. The summed E-state index contributed by atoms with van der Waals surface area (Å²) in [5, 5.41) is 6.47. The molecule has 9 heteroatoms. The molecule has 1 saturated carbocycles. The summed E-state index contributed by atoms with van der Waals surface area (Å²) in [4.78, 5) is 7.18. The number of benzene rings is 1. The molecule has 0 saturated heterocycles. The summed E-state index contributed by atoms with van der Waals surface area (Å²) in [6.07, 6.45) is 1.76. The summed E-state index contributed by atoms with van der Waals surface area (Å²) in [6.45, 7) is 0. The zero-order chi connectivity index (χ0) is 20.0. The Hall–Kier alpha value is -2.81. The van der Waals surface area contributed by atoms with Crippen LogP contribution in [0.15, 0.2) is 48.9 Å². The highest BCUT2D eigenvalue weighted by Gasteiger charge is 2.33. The van der Waals surface area contributed by atoms with E-state index in [9.17, 15) is 13.2 Å². The Morgan fingerprint density at radius 1 is 1.04 bits per heavy atom. The molecule has 0 bridgehead atoms. The van der Waals surface area contributed by atoms with Crippen molar-refractivity contribution in [3.8, 4) is 0 Å². The number of rotatable bonds is 6. The molecule has 0 unspecified atom stereocenters. The van der Waals surface area contributed by atoms with Gasteiger partial charge < -0.3 is 16.1 Å². The number of nitrogens with zero attached hydrogens (tertiary/aromatic N) is 2. The molecule has 5 N–H and O–H groups in total. The number of alkyl halides is 3. The summed E-state index contributed by atoms with van der Waals surface area (Å²) in [7, 11) is 0. The lowest BCUT2D eigenvalue weighted by Crippen LogP contribution is -2.35. The third-order valence-corrected chi connectivity index (χ3v) is 4.74. The van der Waals surface area contributed by atoms with Gasteiger partial charge in [-0.05, 0) is 25.7 Å². The van der Waals surface area contributed by atoms with E-state index < -0.39 is 11.9 Å². The number of nitrogens with one attached hydrogen (secondary N) is 3. The second-order valence-electron chi connectivity index (χ2n) is 6.71. The number of anilines is 1. The highest BCUT2D eigenvalue weighted by molar-refractivity contribution is 5.62. The van der Waals surface area contributed by atoms with E-state index in [1.807, 2.05) is 36.5 Å². The van der Waals surface area contributed by atoms with Crippen LogP contribution in [0.3, 0.4) is 0 Å². The Labute approximate surface area is 161 Å². The van der Waals surface area contributed by atoms with E-state index in [0.717, 1.165) is 49.3 Å². The largest absolute Gasteiger partial charge is 0.433 e. The lowest BCUT2D eigenvalue weighted by molar-refractivity contribution is -0.141. The number of hydrazine groups is 1. The van der Waals surface area contributed by atoms with Crippen molar-refractivity contribution in [2.45, 2.75) is 43.9 Å². The van der Waals surface area contributed by atoms with Crippen molar-refractivity contribution in [1.82, 2.24) is 20.7 Å². The Bertz CT molecular complexity index is 786. The van der Waals surface area contributed by atoms with Crippen molar-refractivity contribution in [2.24, 2.45) is 5.84 Å². The SMILES string of the molecule is NN/C(=C\NC1CCC(Nc2cc(C(F)(F)F)ncn2)CC1)c1ccccc1. The van der Waals surface area contributed by atoms with Crippen molar-refractivity contribution in [3.05, 3.63) is 60.2 Å². The van der Waals surface area contributed by atoms with Crippen molar-refractivity contribution in [1.29, 1.82) is 0 Å². The maximum Gasteiger partial charge on any atom is 0.433 e. The standard InChI is InChI=1S/C19H23F3N6/c20-19(21,22)17-10-18(26-12-25-17)27-15-8-6-14(7-9-15)24-11-16(28-23)13-4-2-1-3-5-13/h1-5,10-12,14-15,24,28H,6-9,23H2,(H,25,26,27)/b16-11-. The van der Waals surface area contributed by atoms with Gasteiger partial charge in [0.15, 0.2) is 0 Å². The first kappa shape index (κ1) is 19.9. The van der Waals surface area contributed by atoms with Crippen LogP contribution in [0.5, 0.6) is 0 Å². The summed E-state index contributed by atoms with van der Waals surface area (Å²) < 4.78 is 38.3. The van der Waals surface area contributed by atoms with Crippen LogP contribution in [0, 0.1) is 0 Å². The van der Waals surface area contributed by atoms with E-state index in [2.05, 4.69) is 26.0 Å². The van der Waals surface area contributed by atoms with Crippen LogP contribution >= 0.6 is 0 Å². The van der Waals surface area contributed by atoms with Crippen LogP contribution in [0.2, 0.25) is 0 Å². The minimum atomic E-state index is -4.47. The summed E-state index contributed by atoms with van der Waals surface area (Å²) >= 11 is 0. The fraction of sp³-hybridized carbons (Fsp3) is 0.368. The Morgan fingerprint density at radius 2 is 1.71 bits per heavy atom. The molecular weight excluding hydrogens is 369 g/mol. The minimum absolute atomic E-state index is 0.0826. The van der Waals surface area contributed by atoms with Gasteiger partial charge in [-0.25, -0.2) is 9.97 Å². The molecule has 0 spiro atoms. The lowest BCUT2D eigenvalue weighted by Gasteiger charge is -2.30. The molecule has 0 atom stereocenters. The van der Waals surface area contributed by atoms with E-state index in [4.69, 9.17) is 5.84 Å². The first-order chi connectivity index (χ1) is 13.5. The number of nitrogens with two attached hydrogens (primary N) is 1. The van der Waals surface area contributed by atoms with E-state index in [1.165, 1.54) is 0 Å². The topological polar surface area (TPSA) is 87.9 Å². The number of hydrogen-bond acceptors (Lipinski definition) is 6. The smallest absolute Gasteiger partial charge is 0.386 e. The van der Waals surface area contributed by atoms with Gasteiger partial charge in [0.25, 0.3) is 0 Å². The Kier molecular flexibility index (Phi) is 6.35. The van der Waals surface area contributed by atoms with Gasteiger partial charge in [0, 0.05) is 29.9 Å². The fourth-order valence-corrected chi connectivity index (χ4v) is 3.23. The molecule has 6 nitrogen and oxygen atoms in total. The molecule has 1 aliphatic rings. The van der Waals surface area contributed by atoms with E-state index in [1.54, 1.807) is 0 Å². The third-order valence-electron chi connectivity index (χ3n) is 4.74. The van der Waals surface area contributed by atoms with Crippen molar-refractivity contribution >= 4 is 11.5 Å². The zero-order valence-corrected chi connectivity index (χ0v) is 15.2. The molecule has 2 aromatic rings. The number of halogens is 3. The fourth-order valence-electron chi connectivity index (χ4n) is 3.23. The first-order valence-electron chi connectivity index (χ1n) is 9.09. The maximum absolute atomic E-state index is 12.8. The average molecular weight is 392 g/mol. The molecule has 1 fully saturated rings. The Balaban J connectivity index is 1.51. The predicted octanol–water partition coefficient (Wildman–Crippen LogP) is 3.27. The molecule has 0 radical (unpaired) electrons. The average Bonchev–Trinajstić information content (AvgIpc) is 2.70. The van der Waals surface area contributed by atoms with Gasteiger partial charge in [0.2, 0.25) is 0 Å². The van der Waals surface area contributed by atoms with Crippen LogP contribution in [0.1, 0.15) is 36.9 Å². The molecule has 0 amide bonds. The van der Waals surface area contributed by atoms with Crippen LogP contribution < -0.4 is 21.9 Å². The van der Waals surface area contributed by atoms with Crippen LogP contribution in [0.25, 0.3) is 5.70 Å². The van der Waals surface area contributed by atoms with Gasteiger partial charge in [0.05, 0.1) is 5.70 Å². The minimum Gasteiger partial charge on any atom is -0.386 e. The highest BCUT2D eigenvalue weighted by Crippen LogP contribution is 2.29. The highest BCUT2D eigenvalue weighted by atomic mass is 19.4. The Morgan fingerprint density at radius 3 is 2.36 bits per heavy atom. The van der Waals surface area contributed by atoms with Crippen LogP contribution in [-0.4, -0.2) is 22.1 Å². The first-order valence-corrected chi connectivity index (χ1v) is 9.09. The van der Waals surface area contributed by atoms with Crippen molar-refractivity contribution in [3.63, 3.8) is 0 Å². The van der Waals surface area contributed by atoms with E-state index in [-0.39, 0.29) is 17.9 Å². The lowest BCUT2D eigenvalue weighted by atomic mass is 9.91. The monoisotopic (exact) mass is 392 g/mol. The molecule has 1 aliphatic carbocycles. The molecule has 0 aliphatic heterocycles. The number of aromatic nitrogens is 2.